The second kappa shape index (κ2) is 6.43. The molecule has 116 valence electrons. The number of aryl methyl sites for hydroxylation is 1. The predicted molar refractivity (Wildman–Crippen MR) is 82.7 cm³/mol. The number of hydrogen-bond acceptors (Lipinski definition) is 5. The van der Waals surface area contributed by atoms with Gasteiger partial charge in [0, 0.05) is 12.1 Å². The lowest BCUT2D eigenvalue weighted by atomic mass is 10.1. The zero-order valence-corrected chi connectivity index (χ0v) is 13.0. The summed E-state index contributed by atoms with van der Waals surface area (Å²) in [5, 5.41) is 4.30. The van der Waals surface area contributed by atoms with Crippen LogP contribution in [0.5, 0.6) is 11.5 Å². The highest BCUT2D eigenvalue weighted by Gasteiger charge is 2.16. The number of carbonyl (C=O) groups is 1. The van der Waals surface area contributed by atoms with Crippen molar-refractivity contribution in [1.82, 2.24) is 9.78 Å². The second-order valence-electron chi connectivity index (χ2n) is 4.69. The van der Waals surface area contributed by atoms with Crippen LogP contribution < -0.4 is 15.0 Å². The van der Waals surface area contributed by atoms with Crippen molar-refractivity contribution in [2.75, 3.05) is 14.2 Å². The summed E-state index contributed by atoms with van der Waals surface area (Å²) in [6, 6.07) is 6.78. The van der Waals surface area contributed by atoms with E-state index in [4.69, 9.17) is 9.47 Å². The Bertz CT molecular complexity index is 765. The van der Waals surface area contributed by atoms with Crippen molar-refractivity contribution in [3.05, 3.63) is 40.2 Å². The number of ketones is 1. The normalized spacial score (nSPS) is 10.4. The molecule has 0 radical (unpaired) electrons. The van der Waals surface area contributed by atoms with E-state index >= 15 is 0 Å². The van der Waals surface area contributed by atoms with Gasteiger partial charge in [0.2, 0.25) is 0 Å². The van der Waals surface area contributed by atoms with E-state index in [1.54, 1.807) is 39.3 Å². The summed E-state index contributed by atoms with van der Waals surface area (Å²) < 4.78 is 11.8. The van der Waals surface area contributed by atoms with E-state index in [2.05, 4.69) is 5.10 Å². The van der Waals surface area contributed by atoms with E-state index in [0.29, 0.717) is 29.3 Å². The number of carbonyl (C=O) groups excluding carboxylic acids is 1. The van der Waals surface area contributed by atoms with Crippen molar-refractivity contribution in [3.8, 4) is 22.8 Å². The van der Waals surface area contributed by atoms with E-state index in [9.17, 15) is 9.59 Å². The van der Waals surface area contributed by atoms with E-state index in [-0.39, 0.29) is 16.9 Å². The Labute approximate surface area is 128 Å². The molecule has 1 aromatic carbocycles. The Hall–Kier alpha value is -2.63. The molecule has 1 aromatic heterocycles. The molecule has 0 atom stereocenters. The highest BCUT2D eigenvalue weighted by molar-refractivity contribution is 5.94. The Morgan fingerprint density at radius 2 is 1.95 bits per heavy atom. The number of Topliss-reactive ketones (excluding diaryl/α,β-unsaturated/α-hetero) is 1. The lowest BCUT2D eigenvalue weighted by molar-refractivity contribution is 0.101. The van der Waals surface area contributed by atoms with Crippen LogP contribution in [-0.2, 0) is 6.54 Å². The van der Waals surface area contributed by atoms with Crippen molar-refractivity contribution in [1.29, 1.82) is 0 Å². The topological polar surface area (TPSA) is 70.4 Å². The summed E-state index contributed by atoms with van der Waals surface area (Å²) in [6.45, 7) is 3.54. The molecule has 2 aromatic rings. The molecule has 0 fully saturated rings. The molecule has 0 aliphatic rings. The average Bonchev–Trinajstić information content (AvgIpc) is 2.54. The van der Waals surface area contributed by atoms with Gasteiger partial charge in [-0.2, -0.15) is 5.10 Å². The fourth-order valence-electron chi connectivity index (χ4n) is 2.15. The van der Waals surface area contributed by atoms with E-state index < -0.39 is 0 Å². The van der Waals surface area contributed by atoms with Crippen LogP contribution in [0.3, 0.4) is 0 Å². The first kappa shape index (κ1) is 15.8. The number of nitrogens with zero attached hydrogens (tertiary/aromatic N) is 2. The van der Waals surface area contributed by atoms with Crippen molar-refractivity contribution in [2.24, 2.45) is 0 Å². The standard InChI is InChI=1S/C16H18N2O4/c1-5-18-16(20)12(10(2)19)9-14(17-18)13-8-11(21-3)6-7-15(13)22-4/h6-9H,5H2,1-4H3. The molecule has 0 amide bonds. The predicted octanol–water partition coefficient (Wildman–Crippen LogP) is 2.15. The van der Waals surface area contributed by atoms with E-state index in [1.165, 1.54) is 17.7 Å². The third-order valence-corrected chi connectivity index (χ3v) is 3.34. The summed E-state index contributed by atoms with van der Waals surface area (Å²) >= 11 is 0. The van der Waals surface area contributed by atoms with Gasteiger partial charge in [0.05, 0.1) is 25.5 Å². The van der Waals surface area contributed by atoms with Crippen molar-refractivity contribution in [3.63, 3.8) is 0 Å². The van der Waals surface area contributed by atoms with Gasteiger partial charge >= 0.3 is 0 Å². The van der Waals surface area contributed by atoms with Gasteiger partial charge in [-0.25, -0.2) is 4.68 Å². The van der Waals surface area contributed by atoms with Gasteiger partial charge in [0.15, 0.2) is 5.78 Å². The summed E-state index contributed by atoms with van der Waals surface area (Å²) in [6.07, 6.45) is 0. The molecule has 0 spiro atoms. The lowest BCUT2D eigenvalue weighted by Crippen LogP contribution is -2.27. The molecular formula is C16H18N2O4. The van der Waals surface area contributed by atoms with Gasteiger partial charge < -0.3 is 9.47 Å². The maximum Gasteiger partial charge on any atom is 0.277 e. The van der Waals surface area contributed by atoms with Gasteiger partial charge in [-0.15, -0.1) is 0 Å². The molecule has 6 nitrogen and oxygen atoms in total. The Morgan fingerprint density at radius 3 is 2.50 bits per heavy atom. The van der Waals surface area contributed by atoms with Gasteiger partial charge in [-0.05, 0) is 38.1 Å². The van der Waals surface area contributed by atoms with Crippen LogP contribution in [0, 0.1) is 0 Å². The first-order valence-electron chi connectivity index (χ1n) is 6.87. The Morgan fingerprint density at radius 1 is 1.23 bits per heavy atom. The summed E-state index contributed by atoms with van der Waals surface area (Å²) in [5.41, 5.74) is 0.867. The van der Waals surface area contributed by atoms with Gasteiger partial charge in [-0.1, -0.05) is 0 Å². The fourth-order valence-corrected chi connectivity index (χ4v) is 2.15. The number of hydrogen-bond donors (Lipinski definition) is 0. The van der Waals surface area contributed by atoms with Crippen LogP contribution >= 0.6 is 0 Å². The van der Waals surface area contributed by atoms with Gasteiger partial charge in [0.1, 0.15) is 11.5 Å². The molecular weight excluding hydrogens is 284 g/mol. The van der Waals surface area contributed by atoms with Crippen LogP contribution in [0.15, 0.2) is 29.1 Å². The average molecular weight is 302 g/mol. The molecule has 0 aliphatic carbocycles. The Kier molecular flexibility index (Phi) is 4.60. The highest BCUT2D eigenvalue weighted by atomic mass is 16.5. The first-order chi connectivity index (χ1) is 10.5. The van der Waals surface area contributed by atoms with Crippen LogP contribution in [0.4, 0.5) is 0 Å². The highest BCUT2D eigenvalue weighted by Crippen LogP contribution is 2.32. The van der Waals surface area contributed by atoms with Gasteiger partial charge in [-0.3, -0.25) is 9.59 Å². The number of aromatic nitrogens is 2. The number of rotatable bonds is 5. The monoisotopic (exact) mass is 302 g/mol. The van der Waals surface area contributed by atoms with Crippen LogP contribution in [0.1, 0.15) is 24.2 Å². The minimum absolute atomic E-state index is 0.108. The molecule has 0 saturated heterocycles. The second-order valence-corrected chi connectivity index (χ2v) is 4.69. The zero-order chi connectivity index (χ0) is 16.3. The number of benzene rings is 1. The van der Waals surface area contributed by atoms with Gasteiger partial charge in [0.25, 0.3) is 5.56 Å². The van der Waals surface area contributed by atoms with Crippen molar-refractivity contribution in [2.45, 2.75) is 20.4 Å². The molecule has 0 unspecified atom stereocenters. The first-order valence-corrected chi connectivity index (χ1v) is 6.87. The summed E-state index contributed by atoms with van der Waals surface area (Å²) in [7, 11) is 3.11. The lowest BCUT2D eigenvalue weighted by Gasteiger charge is -2.12. The largest absolute Gasteiger partial charge is 0.497 e. The molecule has 0 N–H and O–H groups in total. The number of methoxy groups -OCH3 is 2. The Balaban J connectivity index is 2.74. The van der Waals surface area contributed by atoms with Crippen molar-refractivity contribution >= 4 is 5.78 Å². The summed E-state index contributed by atoms with van der Waals surface area (Å²) in [5.74, 6) is 0.929. The van der Waals surface area contributed by atoms with Crippen LogP contribution in [0.2, 0.25) is 0 Å². The van der Waals surface area contributed by atoms with Crippen LogP contribution in [-0.4, -0.2) is 29.8 Å². The minimum atomic E-state index is -0.388. The summed E-state index contributed by atoms with van der Waals surface area (Å²) in [4.78, 5) is 23.8. The third kappa shape index (κ3) is 2.86. The van der Waals surface area contributed by atoms with Crippen molar-refractivity contribution < 1.29 is 14.3 Å². The molecule has 2 rings (SSSR count). The van der Waals surface area contributed by atoms with E-state index in [0.717, 1.165) is 0 Å². The molecule has 22 heavy (non-hydrogen) atoms. The molecule has 0 bridgehead atoms. The maximum atomic E-state index is 12.1. The molecule has 1 heterocycles. The minimum Gasteiger partial charge on any atom is -0.497 e. The van der Waals surface area contributed by atoms with Crippen LogP contribution in [0.25, 0.3) is 11.3 Å². The zero-order valence-electron chi connectivity index (χ0n) is 13.0. The molecule has 0 saturated carbocycles. The maximum absolute atomic E-state index is 12.1. The number of ether oxygens (including phenoxy) is 2. The molecule has 6 heteroatoms. The smallest absolute Gasteiger partial charge is 0.277 e. The molecule has 0 aliphatic heterocycles. The third-order valence-electron chi connectivity index (χ3n) is 3.34. The SMILES string of the molecule is CCn1nc(-c2cc(OC)ccc2OC)cc(C(C)=O)c1=O. The fraction of sp³-hybridized carbons (Fsp3) is 0.312. The van der Waals surface area contributed by atoms with E-state index in [1.807, 2.05) is 0 Å². The quantitative estimate of drug-likeness (QED) is 0.791.